The summed E-state index contributed by atoms with van der Waals surface area (Å²) in [6, 6.07) is 14.6. The molecule has 0 radical (unpaired) electrons. The Morgan fingerprint density at radius 1 is 1.19 bits per heavy atom. The van der Waals surface area contributed by atoms with E-state index in [1.54, 1.807) is 36.4 Å². The van der Waals surface area contributed by atoms with Gasteiger partial charge in [-0.25, -0.2) is 0 Å². The molecule has 8 nitrogen and oxygen atoms in total. The fraction of sp³-hybridized carbons (Fsp3) is 0.111. The predicted molar refractivity (Wildman–Crippen MR) is 103 cm³/mol. The number of amides is 1. The molecule has 27 heavy (non-hydrogen) atoms. The van der Waals surface area contributed by atoms with Crippen molar-refractivity contribution < 1.29 is 14.5 Å². The summed E-state index contributed by atoms with van der Waals surface area (Å²) < 4.78 is 0. The molecule has 1 unspecified atom stereocenters. The number of rotatable bonds is 6. The van der Waals surface area contributed by atoms with Gasteiger partial charge < -0.3 is 5.32 Å². The Kier molecular flexibility index (Phi) is 5.72. The van der Waals surface area contributed by atoms with E-state index >= 15 is 0 Å². The second-order valence-electron chi connectivity index (χ2n) is 5.59. The van der Waals surface area contributed by atoms with E-state index in [1.807, 2.05) is 6.07 Å². The van der Waals surface area contributed by atoms with Crippen LogP contribution in [0.5, 0.6) is 0 Å². The summed E-state index contributed by atoms with van der Waals surface area (Å²) in [6.45, 7) is 0. The Morgan fingerprint density at radius 3 is 2.56 bits per heavy atom. The molecule has 2 aromatic rings. The summed E-state index contributed by atoms with van der Waals surface area (Å²) in [5, 5.41) is 20.8. The molecular weight excluding hydrogens is 368 g/mol. The van der Waals surface area contributed by atoms with Gasteiger partial charge in [0.25, 0.3) is 5.69 Å². The number of carbonyl (C=O) groups is 2. The molecule has 136 valence electrons. The van der Waals surface area contributed by atoms with Crippen LogP contribution in [0.4, 0.5) is 5.69 Å². The summed E-state index contributed by atoms with van der Waals surface area (Å²) in [4.78, 5) is 34.4. The molecule has 0 bridgehead atoms. The molecule has 1 aliphatic heterocycles. The molecule has 1 atom stereocenters. The number of non-ortho nitro benzene ring substituents is 1. The Morgan fingerprint density at radius 2 is 1.89 bits per heavy atom. The molecule has 1 heterocycles. The standard InChI is InChI=1S/C18H14N4O4S/c23-15(13-4-2-1-3-5-13)10-16-17(24)20-18(27-16)21-19-11-12-6-8-14(9-7-12)22(25)26/h1-9,11,16H,10H2,(H,20,21,24)/b19-11+. The fourth-order valence-corrected chi connectivity index (χ4v) is 3.25. The van der Waals surface area contributed by atoms with E-state index in [0.29, 0.717) is 16.3 Å². The van der Waals surface area contributed by atoms with Crippen LogP contribution in [0.25, 0.3) is 0 Å². The smallest absolute Gasteiger partial charge is 0.269 e. The zero-order chi connectivity index (χ0) is 19.2. The molecule has 0 spiro atoms. The Balaban J connectivity index is 1.59. The topological polar surface area (TPSA) is 114 Å². The van der Waals surface area contributed by atoms with Crippen molar-refractivity contribution in [1.29, 1.82) is 0 Å². The first-order valence-electron chi connectivity index (χ1n) is 7.94. The SMILES string of the molecule is O=C(CC1S/C(=N/N=C/c2ccc([N+](=O)[O-])cc2)NC1=O)c1ccccc1. The summed E-state index contributed by atoms with van der Waals surface area (Å²) in [5.74, 6) is -0.396. The van der Waals surface area contributed by atoms with Gasteiger partial charge in [-0.15, -0.1) is 5.10 Å². The van der Waals surface area contributed by atoms with Crippen molar-refractivity contribution in [2.75, 3.05) is 0 Å². The van der Waals surface area contributed by atoms with Crippen LogP contribution in [0.3, 0.4) is 0 Å². The lowest BCUT2D eigenvalue weighted by Crippen LogP contribution is -2.26. The zero-order valence-corrected chi connectivity index (χ0v) is 14.8. The van der Waals surface area contributed by atoms with Gasteiger partial charge >= 0.3 is 0 Å². The van der Waals surface area contributed by atoms with Crippen LogP contribution in [0, 0.1) is 10.1 Å². The minimum atomic E-state index is -0.550. The number of Topliss-reactive ketones (excluding diaryl/α,β-unsaturated/α-hetero) is 1. The molecule has 0 aliphatic carbocycles. The number of nitro benzene ring substituents is 1. The maximum Gasteiger partial charge on any atom is 0.269 e. The minimum absolute atomic E-state index is 0.0111. The summed E-state index contributed by atoms with van der Waals surface area (Å²) >= 11 is 1.15. The lowest BCUT2D eigenvalue weighted by molar-refractivity contribution is -0.384. The van der Waals surface area contributed by atoms with Gasteiger partial charge in [-0.1, -0.05) is 42.1 Å². The largest absolute Gasteiger partial charge is 0.303 e. The maximum atomic E-state index is 12.2. The number of hydrogen-bond acceptors (Lipinski definition) is 7. The van der Waals surface area contributed by atoms with Crippen LogP contribution in [0.1, 0.15) is 22.3 Å². The second kappa shape index (κ2) is 8.37. The third kappa shape index (κ3) is 4.85. The van der Waals surface area contributed by atoms with Gasteiger partial charge in [0.05, 0.1) is 16.4 Å². The molecule has 9 heteroatoms. The van der Waals surface area contributed by atoms with Gasteiger partial charge in [-0.3, -0.25) is 19.7 Å². The number of ketones is 1. The van der Waals surface area contributed by atoms with Crippen LogP contribution in [0.2, 0.25) is 0 Å². The molecule has 1 aliphatic rings. The molecular formula is C18H14N4O4S. The minimum Gasteiger partial charge on any atom is -0.303 e. The van der Waals surface area contributed by atoms with E-state index in [1.165, 1.54) is 18.3 Å². The van der Waals surface area contributed by atoms with Crippen molar-refractivity contribution in [3.8, 4) is 0 Å². The average Bonchev–Trinajstić information content (AvgIpc) is 3.02. The molecule has 0 saturated carbocycles. The first kappa shape index (κ1) is 18.5. The van der Waals surface area contributed by atoms with Crippen molar-refractivity contribution >= 4 is 40.5 Å². The van der Waals surface area contributed by atoms with Crippen molar-refractivity contribution in [2.45, 2.75) is 11.7 Å². The van der Waals surface area contributed by atoms with Crippen LogP contribution in [0.15, 0.2) is 64.8 Å². The number of amidine groups is 1. The van der Waals surface area contributed by atoms with Gasteiger partial charge in [-0.2, -0.15) is 5.10 Å². The molecule has 3 rings (SSSR count). The highest BCUT2D eigenvalue weighted by Crippen LogP contribution is 2.24. The number of nitrogens with one attached hydrogen (secondary N) is 1. The fourth-order valence-electron chi connectivity index (χ4n) is 2.33. The number of thioether (sulfide) groups is 1. The van der Waals surface area contributed by atoms with Crippen molar-refractivity contribution in [2.24, 2.45) is 10.2 Å². The first-order chi connectivity index (χ1) is 13.0. The van der Waals surface area contributed by atoms with Crippen molar-refractivity contribution in [1.82, 2.24) is 5.32 Å². The van der Waals surface area contributed by atoms with Crippen LogP contribution in [-0.4, -0.2) is 33.2 Å². The van der Waals surface area contributed by atoms with Gasteiger partial charge in [0.1, 0.15) is 0 Å². The number of benzene rings is 2. The maximum absolute atomic E-state index is 12.2. The normalized spacial score (nSPS) is 18.0. The summed E-state index contributed by atoms with van der Waals surface area (Å²) in [6.07, 6.45) is 1.50. The number of hydrogen-bond donors (Lipinski definition) is 1. The van der Waals surface area contributed by atoms with Crippen LogP contribution in [-0.2, 0) is 4.79 Å². The van der Waals surface area contributed by atoms with Gasteiger partial charge in [-0.05, 0) is 17.7 Å². The van der Waals surface area contributed by atoms with Gasteiger partial charge in [0.15, 0.2) is 11.0 Å². The number of nitro groups is 1. The third-order valence-electron chi connectivity index (χ3n) is 3.70. The van der Waals surface area contributed by atoms with Gasteiger partial charge in [0, 0.05) is 24.1 Å². The molecule has 1 N–H and O–H groups in total. The van der Waals surface area contributed by atoms with E-state index in [9.17, 15) is 19.7 Å². The molecule has 2 aromatic carbocycles. The van der Waals surface area contributed by atoms with Crippen LogP contribution >= 0.6 is 11.8 Å². The molecule has 1 saturated heterocycles. The highest BCUT2D eigenvalue weighted by molar-refractivity contribution is 8.15. The van der Waals surface area contributed by atoms with E-state index in [-0.39, 0.29) is 23.8 Å². The highest BCUT2D eigenvalue weighted by Gasteiger charge is 2.32. The molecule has 1 fully saturated rings. The van der Waals surface area contributed by atoms with Crippen LogP contribution < -0.4 is 5.32 Å². The van der Waals surface area contributed by atoms with Crippen molar-refractivity contribution in [3.05, 3.63) is 75.8 Å². The molecule has 0 aromatic heterocycles. The highest BCUT2D eigenvalue weighted by atomic mass is 32.2. The number of nitrogens with zero attached hydrogens (tertiary/aromatic N) is 3. The predicted octanol–water partition coefficient (Wildman–Crippen LogP) is 2.79. The lowest BCUT2D eigenvalue weighted by Gasteiger charge is -2.04. The van der Waals surface area contributed by atoms with E-state index in [2.05, 4.69) is 15.5 Å². The zero-order valence-electron chi connectivity index (χ0n) is 13.9. The van der Waals surface area contributed by atoms with Gasteiger partial charge in [0.2, 0.25) is 5.91 Å². The third-order valence-corrected chi connectivity index (χ3v) is 4.77. The lowest BCUT2D eigenvalue weighted by atomic mass is 10.1. The molecule has 1 amide bonds. The van der Waals surface area contributed by atoms with E-state index in [0.717, 1.165) is 11.8 Å². The summed E-state index contributed by atoms with van der Waals surface area (Å²) in [5.41, 5.74) is 1.19. The van der Waals surface area contributed by atoms with E-state index < -0.39 is 10.2 Å². The monoisotopic (exact) mass is 382 g/mol. The Hall–Kier alpha value is -3.33. The second-order valence-corrected chi connectivity index (χ2v) is 6.78. The van der Waals surface area contributed by atoms with E-state index in [4.69, 9.17) is 0 Å². The Labute approximate surface area is 158 Å². The Bertz CT molecular complexity index is 926. The number of carbonyl (C=O) groups excluding carboxylic acids is 2. The quantitative estimate of drug-likeness (QED) is 0.357. The first-order valence-corrected chi connectivity index (χ1v) is 8.82. The van der Waals surface area contributed by atoms with Crippen molar-refractivity contribution in [3.63, 3.8) is 0 Å². The average molecular weight is 382 g/mol. The summed E-state index contributed by atoms with van der Waals surface area (Å²) in [7, 11) is 0.